The van der Waals surface area contributed by atoms with E-state index in [4.69, 9.17) is 10.8 Å². The summed E-state index contributed by atoms with van der Waals surface area (Å²) in [5.74, 6) is -1.12. The van der Waals surface area contributed by atoms with E-state index in [9.17, 15) is 9.59 Å². The lowest BCUT2D eigenvalue weighted by atomic mass is 10.1. The summed E-state index contributed by atoms with van der Waals surface area (Å²) in [7, 11) is 1.75. The second kappa shape index (κ2) is 6.05. The Bertz CT molecular complexity index is 516. The molecule has 0 saturated heterocycles. The highest BCUT2D eigenvalue weighted by Crippen LogP contribution is 2.35. The smallest absolute Gasteiger partial charge is 0.303 e. The van der Waals surface area contributed by atoms with E-state index >= 15 is 0 Å². The van der Waals surface area contributed by atoms with Gasteiger partial charge < -0.3 is 15.7 Å². The molecule has 108 valence electrons. The minimum Gasteiger partial charge on any atom is -0.481 e. The first kappa shape index (κ1) is 14.5. The molecule has 1 aliphatic carbocycles. The van der Waals surface area contributed by atoms with Crippen molar-refractivity contribution in [2.45, 2.75) is 37.8 Å². The van der Waals surface area contributed by atoms with Crippen molar-refractivity contribution >= 4 is 11.9 Å². The van der Waals surface area contributed by atoms with Crippen molar-refractivity contribution in [3.8, 4) is 0 Å². The second-order valence-electron chi connectivity index (χ2n) is 5.24. The summed E-state index contributed by atoms with van der Waals surface area (Å²) in [4.78, 5) is 24.5. The molecule has 0 fully saturated rings. The number of aliphatic carboxylic acids is 1. The molecule has 1 aliphatic rings. The van der Waals surface area contributed by atoms with E-state index in [1.807, 2.05) is 18.2 Å². The summed E-state index contributed by atoms with van der Waals surface area (Å²) >= 11 is 0. The second-order valence-corrected chi connectivity index (χ2v) is 5.24. The first-order valence-corrected chi connectivity index (χ1v) is 6.82. The molecule has 0 saturated carbocycles. The predicted octanol–water partition coefficient (Wildman–Crippen LogP) is 1.32. The van der Waals surface area contributed by atoms with E-state index in [-0.39, 0.29) is 24.8 Å². The third-order valence-electron chi connectivity index (χ3n) is 3.90. The standard InChI is InChI=1S/C15H20N2O3/c1-17(15(20)12(16)7-9-14(18)19)13-8-6-10-4-2-3-5-11(10)13/h2-5,12-13H,6-9,16H2,1H3,(H,18,19). The van der Waals surface area contributed by atoms with Crippen LogP contribution in [0.15, 0.2) is 24.3 Å². The van der Waals surface area contributed by atoms with Crippen molar-refractivity contribution in [1.29, 1.82) is 0 Å². The maximum Gasteiger partial charge on any atom is 0.303 e. The molecular weight excluding hydrogens is 256 g/mol. The molecule has 5 nitrogen and oxygen atoms in total. The fraction of sp³-hybridized carbons (Fsp3) is 0.467. The summed E-state index contributed by atoms with van der Waals surface area (Å²) in [5.41, 5.74) is 8.25. The van der Waals surface area contributed by atoms with E-state index in [2.05, 4.69) is 6.07 Å². The lowest BCUT2D eigenvalue weighted by Crippen LogP contribution is -2.43. The minimum atomic E-state index is -0.929. The topological polar surface area (TPSA) is 83.6 Å². The van der Waals surface area contributed by atoms with Crippen LogP contribution in [0.4, 0.5) is 0 Å². The number of amides is 1. The molecule has 2 atom stereocenters. The van der Waals surface area contributed by atoms with Crippen molar-refractivity contribution in [2.24, 2.45) is 5.73 Å². The molecule has 0 aliphatic heterocycles. The maximum atomic E-state index is 12.3. The van der Waals surface area contributed by atoms with E-state index in [0.717, 1.165) is 12.8 Å². The summed E-state index contributed by atoms with van der Waals surface area (Å²) in [5, 5.41) is 8.64. The van der Waals surface area contributed by atoms with Crippen LogP contribution in [0, 0.1) is 0 Å². The number of nitrogens with two attached hydrogens (primary N) is 1. The first-order chi connectivity index (χ1) is 9.50. The number of carboxylic acid groups (broad SMARTS) is 1. The van der Waals surface area contributed by atoms with Gasteiger partial charge in [-0.2, -0.15) is 0 Å². The lowest BCUT2D eigenvalue weighted by Gasteiger charge is -2.28. The fourth-order valence-corrected chi connectivity index (χ4v) is 2.75. The van der Waals surface area contributed by atoms with E-state index < -0.39 is 12.0 Å². The van der Waals surface area contributed by atoms with Crippen LogP contribution >= 0.6 is 0 Å². The Balaban J connectivity index is 2.03. The molecule has 2 rings (SSSR count). The number of hydrogen-bond donors (Lipinski definition) is 2. The Morgan fingerprint density at radius 2 is 2.15 bits per heavy atom. The first-order valence-electron chi connectivity index (χ1n) is 6.82. The van der Waals surface area contributed by atoms with Gasteiger partial charge in [-0.15, -0.1) is 0 Å². The van der Waals surface area contributed by atoms with Gasteiger partial charge in [0.15, 0.2) is 0 Å². The van der Waals surface area contributed by atoms with Gasteiger partial charge in [0.25, 0.3) is 0 Å². The number of rotatable bonds is 5. The molecule has 0 heterocycles. The molecule has 0 radical (unpaired) electrons. The van der Waals surface area contributed by atoms with Gasteiger partial charge in [0.2, 0.25) is 5.91 Å². The average molecular weight is 276 g/mol. The van der Waals surface area contributed by atoms with Crippen LogP contribution in [0.25, 0.3) is 0 Å². The van der Waals surface area contributed by atoms with Crippen LogP contribution in [0.2, 0.25) is 0 Å². The van der Waals surface area contributed by atoms with Crippen LogP contribution in [-0.4, -0.2) is 35.0 Å². The number of hydrogen-bond acceptors (Lipinski definition) is 3. The van der Waals surface area contributed by atoms with Gasteiger partial charge in [-0.1, -0.05) is 24.3 Å². The highest BCUT2D eigenvalue weighted by atomic mass is 16.4. The number of aryl methyl sites for hydroxylation is 1. The van der Waals surface area contributed by atoms with Crippen molar-refractivity contribution in [2.75, 3.05) is 7.05 Å². The van der Waals surface area contributed by atoms with Crippen molar-refractivity contribution in [3.63, 3.8) is 0 Å². The summed E-state index contributed by atoms with van der Waals surface area (Å²) < 4.78 is 0. The Morgan fingerprint density at radius 1 is 1.45 bits per heavy atom. The zero-order chi connectivity index (χ0) is 14.7. The van der Waals surface area contributed by atoms with Crippen molar-refractivity contribution in [1.82, 2.24) is 4.90 Å². The van der Waals surface area contributed by atoms with Crippen LogP contribution in [0.1, 0.15) is 36.4 Å². The average Bonchev–Trinajstić information content (AvgIpc) is 2.87. The lowest BCUT2D eigenvalue weighted by molar-refractivity contribution is -0.137. The van der Waals surface area contributed by atoms with Crippen LogP contribution in [0.3, 0.4) is 0 Å². The monoisotopic (exact) mass is 276 g/mol. The van der Waals surface area contributed by atoms with E-state index in [1.54, 1.807) is 11.9 Å². The molecule has 1 amide bonds. The molecule has 5 heteroatoms. The molecular formula is C15H20N2O3. The number of carbonyl (C=O) groups is 2. The van der Waals surface area contributed by atoms with Crippen LogP contribution in [-0.2, 0) is 16.0 Å². The largest absolute Gasteiger partial charge is 0.481 e. The van der Waals surface area contributed by atoms with Gasteiger partial charge >= 0.3 is 5.97 Å². The Labute approximate surface area is 118 Å². The zero-order valence-corrected chi connectivity index (χ0v) is 11.6. The molecule has 0 aromatic heterocycles. The predicted molar refractivity (Wildman–Crippen MR) is 75.1 cm³/mol. The SMILES string of the molecule is CN(C(=O)C(N)CCC(=O)O)C1CCc2ccccc21. The van der Waals surface area contributed by atoms with Crippen LogP contribution < -0.4 is 5.73 Å². The highest BCUT2D eigenvalue weighted by Gasteiger charge is 2.30. The minimum absolute atomic E-state index is 0.0505. The van der Waals surface area contributed by atoms with Crippen molar-refractivity contribution < 1.29 is 14.7 Å². The number of fused-ring (bicyclic) bond motifs is 1. The summed E-state index contributed by atoms with van der Waals surface area (Å²) in [6.07, 6.45) is 1.95. The molecule has 2 unspecified atom stereocenters. The quantitative estimate of drug-likeness (QED) is 0.849. The Morgan fingerprint density at radius 3 is 2.85 bits per heavy atom. The van der Waals surface area contributed by atoms with E-state index in [1.165, 1.54) is 11.1 Å². The number of carbonyl (C=O) groups excluding carboxylic acids is 1. The molecule has 1 aromatic rings. The summed E-state index contributed by atoms with van der Waals surface area (Å²) in [6.45, 7) is 0. The Kier molecular flexibility index (Phi) is 4.39. The maximum absolute atomic E-state index is 12.3. The number of benzene rings is 1. The van der Waals surface area contributed by atoms with Gasteiger partial charge in [-0.25, -0.2) is 0 Å². The number of likely N-dealkylation sites (N-methyl/N-ethyl adjacent to an activating group) is 1. The fourth-order valence-electron chi connectivity index (χ4n) is 2.75. The number of nitrogens with zero attached hydrogens (tertiary/aromatic N) is 1. The molecule has 0 bridgehead atoms. The third kappa shape index (κ3) is 2.99. The third-order valence-corrected chi connectivity index (χ3v) is 3.90. The Hall–Kier alpha value is -1.88. The normalized spacial score (nSPS) is 18.4. The van der Waals surface area contributed by atoms with Crippen molar-refractivity contribution in [3.05, 3.63) is 35.4 Å². The number of carboxylic acids is 1. The zero-order valence-electron chi connectivity index (χ0n) is 11.6. The van der Waals surface area contributed by atoms with Crippen LogP contribution in [0.5, 0.6) is 0 Å². The van der Waals surface area contributed by atoms with Gasteiger partial charge in [-0.3, -0.25) is 9.59 Å². The summed E-state index contributed by atoms with van der Waals surface area (Å²) in [6, 6.07) is 7.40. The van der Waals surface area contributed by atoms with E-state index in [0.29, 0.717) is 0 Å². The van der Waals surface area contributed by atoms with Gasteiger partial charge in [0, 0.05) is 13.5 Å². The molecule has 1 aromatic carbocycles. The molecule has 20 heavy (non-hydrogen) atoms. The molecule has 3 N–H and O–H groups in total. The molecule has 0 spiro atoms. The van der Waals surface area contributed by atoms with Gasteiger partial charge in [0.1, 0.15) is 0 Å². The highest BCUT2D eigenvalue weighted by molar-refractivity contribution is 5.82. The van der Waals surface area contributed by atoms with Gasteiger partial charge in [0.05, 0.1) is 12.1 Å². The van der Waals surface area contributed by atoms with Gasteiger partial charge in [-0.05, 0) is 30.4 Å².